The first-order valence-electron chi connectivity index (χ1n) is 7.52. The number of fused-ring (bicyclic) bond motifs is 1. The van der Waals surface area contributed by atoms with Crippen LogP contribution >= 0.6 is 27.7 Å². The van der Waals surface area contributed by atoms with Crippen LogP contribution in [0.2, 0.25) is 0 Å². The highest BCUT2D eigenvalue weighted by Gasteiger charge is 2.14. The van der Waals surface area contributed by atoms with Gasteiger partial charge in [-0.15, -0.1) is 0 Å². The molecule has 0 fully saturated rings. The Bertz CT molecular complexity index is 774. The van der Waals surface area contributed by atoms with Crippen LogP contribution in [0.3, 0.4) is 0 Å². The highest BCUT2D eigenvalue weighted by Crippen LogP contribution is 2.21. The van der Waals surface area contributed by atoms with Crippen molar-refractivity contribution < 1.29 is 4.79 Å². The monoisotopic (exact) mass is 397 g/mol. The number of carbonyl (C=O) groups excluding carboxylic acids is 1. The number of hydrogen-bond donors (Lipinski definition) is 1. The molecule has 7 heteroatoms. The van der Waals surface area contributed by atoms with E-state index in [-0.39, 0.29) is 17.2 Å². The van der Waals surface area contributed by atoms with Gasteiger partial charge in [-0.05, 0) is 31.0 Å². The van der Waals surface area contributed by atoms with Gasteiger partial charge in [0, 0.05) is 17.6 Å². The summed E-state index contributed by atoms with van der Waals surface area (Å²) < 4.78 is 2.52. The number of hydrogen-bond acceptors (Lipinski definition) is 4. The van der Waals surface area contributed by atoms with E-state index >= 15 is 0 Å². The maximum Gasteiger partial charge on any atom is 0.262 e. The van der Waals surface area contributed by atoms with Gasteiger partial charge in [-0.2, -0.15) is 0 Å². The lowest BCUT2D eigenvalue weighted by molar-refractivity contribution is -0.118. The van der Waals surface area contributed by atoms with Gasteiger partial charge < -0.3 is 5.32 Å². The molecule has 2 aromatic rings. The van der Waals surface area contributed by atoms with Crippen LogP contribution in [0.15, 0.2) is 32.6 Å². The molecule has 5 nitrogen and oxygen atoms in total. The number of halogens is 1. The van der Waals surface area contributed by atoms with Crippen LogP contribution in [0, 0.1) is 5.92 Å². The van der Waals surface area contributed by atoms with Crippen molar-refractivity contribution in [2.75, 3.05) is 12.3 Å². The van der Waals surface area contributed by atoms with Gasteiger partial charge in [0.2, 0.25) is 5.91 Å². The predicted octanol–water partition coefficient (Wildman–Crippen LogP) is 3.04. The summed E-state index contributed by atoms with van der Waals surface area (Å²) in [5, 5.41) is 3.93. The van der Waals surface area contributed by atoms with Crippen molar-refractivity contribution in [2.45, 2.75) is 32.5 Å². The molecule has 23 heavy (non-hydrogen) atoms. The zero-order chi connectivity index (χ0) is 17.0. The molecule has 0 radical (unpaired) electrons. The van der Waals surface area contributed by atoms with Gasteiger partial charge in [0.15, 0.2) is 5.16 Å². The standard InChI is InChI=1S/C16H20BrN3O2S/c1-4-18-14(21)9-23-16-19-13-6-5-11(17)7-12(13)15(22)20(16)8-10(2)3/h5-7,10H,4,8-9H2,1-3H3,(H,18,21). The van der Waals surface area contributed by atoms with E-state index in [1.807, 2.05) is 19.1 Å². The average molecular weight is 398 g/mol. The van der Waals surface area contributed by atoms with Crippen molar-refractivity contribution in [3.05, 3.63) is 33.0 Å². The van der Waals surface area contributed by atoms with Gasteiger partial charge in [0.25, 0.3) is 5.56 Å². The fraction of sp³-hybridized carbons (Fsp3) is 0.438. The molecule has 1 amide bonds. The number of nitrogens with one attached hydrogen (secondary N) is 1. The highest BCUT2D eigenvalue weighted by atomic mass is 79.9. The summed E-state index contributed by atoms with van der Waals surface area (Å²) in [4.78, 5) is 29.1. The lowest BCUT2D eigenvalue weighted by Gasteiger charge is -2.15. The van der Waals surface area contributed by atoms with Gasteiger partial charge >= 0.3 is 0 Å². The Labute approximate surface area is 148 Å². The van der Waals surface area contributed by atoms with Crippen molar-refractivity contribution in [3.63, 3.8) is 0 Å². The Morgan fingerprint density at radius 2 is 2.17 bits per heavy atom. The van der Waals surface area contributed by atoms with Crippen molar-refractivity contribution in [1.29, 1.82) is 0 Å². The molecule has 0 aliphatic heterocycles. The van der Waals surface area contributed by atoms with Crippen LogP contribution in [0.1, 0.15) is 20.8 Å². The first-order valence-corrected chi connectivity index (χ1v) is 9.29. The number of carbonyl (C=O) groups is 1. The maximum absolute atomic E-state index is 12.8. The van der Waals surface area contributed by atoms with E-state index in [2.05, 4.69) is 40.1 Å². The van der Waals surface area contributed by atoms with E-state index < -0.39 is 0 Å². The number of aromatic nitrogens is 2. The molecule has 2 rings (SSSR count). The summed E-state index contributed by atoms with van der Waals surface area (Å²) in [5.41, 5.74) is 0.583. The molecule has 0 unspecified atom stereocenters. The van der Waals surface area contributed by atoms with Crippen molar-refractivity contribution in [2.24, 2.45) is 5.92 Å². The van der Waals surface area contributed by atoms with Gasteiger partial charge in [-0.3, -0.25) is 14.2 Å². The maximum atomic E-state index is 12.8. The Hall–Kier alpha value is -1.34. The Morgan fingerprint density at radius 1 is 1.43 bits per heavy atom. The largest absolute Gasteiger partial charge is 0.356 e. The summed E-state index contributed by atoms with van der Waals surface area (Å²) in [7, 11) is 0. The van der Waals surface area contributed by atoms with Gasteiger partial charge in [-0.25, -0.2) is 4.98 Å². The van der Waals surface area contributed by atoms with E-state index in [1.165, 1.54) is 11.8 Å². The van der Waals surface area contributed by atoms with E-state index in [1.54, 1.807) is 10.6 Å². The molecule has 124 valence electrons. The van der Waals surface area contributed by atoms with E-state index in [0.717, 1.165) is 4.47 Å². The molecular weight excluding hydrogens is 378 g/mol. The summed E-state index contributed by atoms with van der Waals surface area (Å²) in [5.74, 6) is 0.502. The van der Waals surface area contributed by atoms with Crippen LogP contribution in [-0.2, 0) is 11.3 Å². The molecule has 0 atom stereocenters. The van der Waals surface area contributed by atoms with Crippen LogP contribution in [0.25, 0.3) is 10.9 Å². The van der Waals surface area contributed by atoms with Gasteiger partial charge in [-0.1, -0.05) is 41.5 Å². The number of amides is 1. The number of rotatable bonds is 6. The molecule has 0 bridgehead atoms. The van der Waals surface area contributed by atoms with Crippen molar-refractivity contribution in [3.8, 4) is 0 Å². The van der Waals surface area contributed by atoms with Crippen LogP contribution in [0.5, 0.6) is 0 Å². The average Bonchev–Trinajstić information content (AvgIpc) is 2.49. The summed E-state index contributed by atoms with van der Waals surface area (Å²) in [6, 6.07) is 5.47. The van der Waals surface area contributed by atoms with Crippen molar-refractivity contribution >= 4 is 44.5 Å². The minimum Gasteiger partial charge on any atom is -0.356 e. The molecule has 0 spiro atoms. The second kappa shape index (κ2) is 7.97. The smallest absolute Gasteiger partial charge is 0.262 e. The Kier molecular flexibility index (Phi) is 6.24. The first-order chi connectivity index (χ1) is 10.9. The number of thioether (sulfide) groups is 1. The summed E-state index contributed by atoms with van der Waals surface area (Å²) in [6.45, 7) is 7.15. The molecule has 1 aromatic heterocycles. The van der Waals surface area contributed by atoms with E-state index in [9.17, 15) is 9.59 Å². The Morgan fingerprint density at radius 3 is 2.83 bits per heavy atom. The minimum atomic E-state index is -0.0663. The molecule has 1 heterocycles. The lowest BCUT2D eigenvalue weighted by atomic mass is 10.2. The Balaban J connectivity index is 2.46. The lowest BCUT2D eigenvalue weighted by Crippen LogP contribution is -2.27. The summed E-state index contributed by atoms with van der Waals surface area (Å²) in [6.07, 6.45) is 0. The number of benzene rings is 1. The molecular formula is C16H20BrN3O2S. The van der Waals surface area contributed by atoms with Crippen LogP contribution in [-0.4, -0.2) is 27.8 Å². The molecule has 0 saturated carbocycles. The fourth-order valence-electron chi connectivity index (χ4n) is 2.19. The van der Waals surface area contributed by atoms with Gasteiger partial charge in [0.1, 0.15) is 0 Å². The molecule has 0 saturated heterocycles. The third-order valence-corrected chi connectivity index (χ3v) is 4.60. The molecule has 1 N–H and O–H groups in total. The second-order valence-corrected chi connectivity index (χ2v) is 7.47. The second-order valence-electron chi connectivity index (χ2n) is 5.61. The highest BCUT2D eigenvalue weighted by molar-refractivity contribution is 9.10. The minimum absolute atomic E-state index is 0.0567. The van der Waals surface area contributed by atoms with Crippen LogP contribution < -0.4 is 10.9 Å². The topological polar surface area (TPSA) is 64.0 Å². The SMILES string of the molecule is CCNC(=O)CSc1nc2ccc(Br)cc2c(=O)n1CC(C)C. The fourth-order valence-corrected chi connectivity index (χ4v) is 3.39. The molecule has 0 aliphatic rings. The third-order valence-electron chi connectivity index (χ3n) is 3.14. The third kappa shape index (κ3) is 4.57. The number of nitrogens with zero attached hydrogens (tertiary/aromatic N) is 2. The molecule has 0 aliphatic carbocycles. The molecule has 1 aromatic carbocycles. The van der Waals surface area contributed by atoms with E-state index in [0.29, 0.717) is 35.1 Å². The van der Waals surface area contributed by atoms with Gasteiger partial charge in [0.05, 0.1) is 16.7 Å². The quantitative estimate of drug-likeness (QED) is 0.600. The van der Waals surface area contributed by atoms with E-state index in [4.69, 9.17) is 0 Å². The zero-order valence-electron chi connectivity index (χ0n) is 13.4. The van der Waals surface area contributed by atoms with Crippen LogP contribution in [0.4, 0.5) is 0 Å². The predicted molar refractivity (Wildman–Crippen MR) is 97.9 cm³/mol. The first kappa shape index (κ1) is 18.0. The summed E-state index contributed by atoms with van der Waals surface area (Å²) >= 11 is 4.69. The normalized spacial score (nSPS) is 11.2. The zero-order valence-corrected chi connectivity index (χ0v) is 15.8. The van der Waals surface area contributed by atoms with Crippen molar-refractivity contribution in [1.82, 2.24) is 14.9 Å².